The first-order valence-electron chi connectivity index (χ1n) is 3.99. The van der Waals surface area contributed by atoms with Crippen molar-refractivity contribution in [2.24, 2.45) is 5.92 Å². The lowest BCUT2D eigenvalue weighted by molar-refractivity contribution is 0.410. The molecule has 0 fully saturated rings. The summed E-state index contributed by atoms with van der Waals surface area (Å²) in [5.74, 6) is 0.968. The summed E-state index contributed by atoms with van der Waals surface area (Å²) in [6, 6.07) is 0. The maximum Gasteiger partial charge on any atom is 0.116 e. The Bertz CT molecular complexity index is 175. The highest BCUT2D eigenvalue weighted by atomic mass is 16.3. The monoisotopic (exact) mass is 154 g/mol. The number of aliphatic hydroxyl groups excluding tert-OH is 1. The molecule has 0 rings (SSSR count). The third-order valence-corrected chi connectivity index (χ3v) is 1.52. The molecular formula is C10H18O. The molecule has 0 atom stereocenters. The zero-order valence-corrected chi connectivity index (χ0v) is 7.94. The van der Waals surface area contributed by atoms with Crippen molar-refractivity contribution in [2.75, 3.05) is 0 Å². The lowest BCUT2D eigenvalue weighted by Crippen LogP contribution is -1.93. The number of allylic oxidation sites excluding steroid dienone is 2. The van der Waals surface area contributed by atoms with Crippen LogP contribution in [0.5, 0.6) is 0 Å². The average Bonchev–Trinajstić information content (AvgIpc) is 1.84. The van der Waals surface area contributed by atoms with E-state index in [1.165, 1.54) is 0 Å². The quantitative estimate of drug-likeness (QED) is 0.487. The molecular weight excluding hydrogens is 136 g/mol. The molecule has 0 aliphatic carbocycles. The molecule has 0 saturated carbocycles. The summed E-state index contributed by atoms with van der Waals surface area (Å²) in [7, 11) is 0. The maximum absolute atomic E-state index is 9.42. The van der Waals surface area contributed by atoms with Crippen molar-refractivity contribution in [3.05, 3.63) is 23.5 Å². The van der Waals surface area contributed by atoms with Crippen LogP contribution in [0.2, 0.25) is 0 Å². The van der Waals surface area contributed by atoms with E-state index >= 15 is 0 Å². The van der Waals surface area contributed by atoms with E-state index in [-0.39, 0.29) is 0 Å². The van der Waals surface area contributed by atoms with Crippen LogP contribution < -0.4 is 0 Å². The molecule has 0 spiro atoms. The summed E-state index contributed by atoms with van der Waals surface area (Å²) in [5, 5.41) is 9.42. The van der Waals surface area contributed by atoms with Crippen LogP contribution in [-0.2, 0) is 0 Å². The third kappa shape index (κ3) is 3.87. The molecule has 1 heteroatoms. The van der Waals surface area contributed by atoms with Gasteiger partial charge < -0.3 is 5.11 Å². The van der Waals surface area contributed by atoms with Gasteiger partial charge in [-0.2, -0.15) is 0 Å². The van der Waals surface area contributed by atoms with E-state index in [1.807, 2.05) is 13.8 Å². The Labute approximate surface area is 69.4 Å². The summed E-state index contributed by atoms with van der Waals surface area (Å²) in [4.78, 5) is 0. The summed E-state index contributed by atoms with van der Waals surface area (Å²) in [5.41, 5.74) is 1.79. The minimum absolute atomic E-state index is 0.374. The lowest BCUT2D eigenvalue weighted by Gasteiger charge is -2.07. The first-order chi connectivity index (χ1) is 4.95. The van der Waals surface area contributed by atoms with Crippen LogP contribution in [0, 0.1) is 5.92 Å². The largest absolute Gasteiger partial charge is 0.508 e. The molecule has 0 aliphatic heterocycles. The standard InChI is InChI=1S/C10H18O/c1-7(2)6-9(5)10(11)8(3)4/h7,11H,3,6H2,1-2,4-5H3. The summed E-state index contributed by atoms with van der Waals surface area (Å²) in [6.45, 7) is 11.7. The Morgan fingerprint density at radius 1 is 1.36 bits per heavy atom. The van der Waals surface area contributed by atoms with E-state index in [0.29, 0.717) is 11.7 Å². The second kappa shape index (κ2) is 4.22. The van der Waals surface area contributed by atoms with Crippen LogP contribution in [0.1, 0.15) is 34.1 Å². The van der Waals surface area contributed by atoms with Gasteiger partial charge in [0.2, 0.25) is 0 Å². The van der Waals surface area contributed by atoms with Gasteiger partial charge >= 0.3 is 0 Å². The second-order valence-electron chi connectivity index (χ2n) is 3.51. The molecule has 64 valence electrons. The zero-order chi connectivity index (χ0) is 9.02. The van der Waals surface area contributed by atoms with Crippen molar-refractivity contribution >= 4 is 0 Å². The topological polar surface area (TPSA) is 20.2 Å². The van der Waals surface area contributed by atoms with Crippen molar-refractivity contribution in [1.82, 2.24) is 0 Å². The molecule has 0 aliphatic rings. The van der Waals surface area contributed by atoms with E-state index < -0.39 is 0 Å². The van der Waals surface area contributed by atoms with E-state index in [4.69, 9.17) is 0 Å². The highest BCUT2D eigenvalue weighted by molar-refractivity contribution is 5.24. The second-order valence-corrected chi connectivity index (χ2v) is 3.51. The summed E-state index contributed by atoms with van der Waals surface area (Å²) in [6.07, 6.45) is 0.943. The Kier molecular flexibility index (Phi) is 3.94. The molecule has 0 radical (unpaired) electrons. The maximum atomic E-state index is 9.42. The minimum atomic E-state index is 0.374. The van der Waals surface area contributed by atoms with Crippen LogP contribution in [0.15, 0.2) is 23.5 Å². The SMILES string of the molecule is C=C(C)C(O)=C(C)CC(C)C. The van der Waals surface area contributed by atoms with Crippen molar-refractivity contribution in [1.29, 1.82) is 0 Å². The molecule has 0 saturated heterocycles. The Balaban J connectivity index is 4.28. The normalized spacial score (nSPS) is 13.2. The van der Waals surface area contributed by atoms with Crippen molar-refractivity contribution < 1.29 is 5.11 Å². The highest BCUT2D eigenvalue weighted by Gasteiger charge is 2.02. The first kappa shape index (κ1) is 10.3. The molecule has 1 N–H and O–H groups in total. The van der Waals surface area contributed by atoms with Gasteiger partial charge in [-0.15, -0.1) is 0 Å². The van der Waals surface area contributed by atoms with Crippen LogP contribution in [0.3, 0.4) is 0 Å². The Morgan fingerprint density at radius 3 is 2.09 bits per heavy atom. The van der Waals surface area contributed by atoms with Crippen LogP contribution in [0.25, 0.3) is 0 Å². The summed E-state index contributed by atoms with van der Waals surface area (Å²) < 4.78 is 0. The molecule has 1 nitrogen and oxygen atoms in total. The average molecular weight is 154 g/mol. The first-order valence-corrected chi connectivity index (χ1v) is 3.99. The van der Waals surface area contributed by atoms with E-state index in [9.17, 15) is 5.11 Å². The van der Waals surface area contributed by atoms with E-state index in [0.717, 1.165) is 17.6 Å². The van der Waals surface area contributed by atoms with E-state index in [2.05, 4.69) is 20.4 Å². The minimum Gasteiger partial charge on any atom is -0.508 e. The predicted octanol–water partition coefficient (Wildman–Crippen LogP) is 3.44. The van der Waals surface area contributed by atoms with Gasteiger partial charge in [0.05, 0.1) is 0 Å². The molecule has 0 aromatic heterocycles. The van der Waals surface area contributed by atoms with Crippen LogP contribution in [0.4, 0.5) is 0 Å². The molecule has 0 amide bonds. The van der Waals surface area contributed by atoms with Crippen molar-refractivity contribution in [2.45, 2.75) is 34.1 Å². The third-order valence-electron chi connectivity index (χ3n) is 1.52. The van der Waals surface area contributed by atoms with Gasteiger partial charge in [0.25, 0.3) is 0 Å². The molecule has 11 heavy (non-hydrogen) atoms. The molecule has 0 bridgehead atoms. The predicted molar refractivity (Wildman–Crippen MR) is 49.6 cm³/mol. The zero-order valence-electron chi connectivity index (χ0n) is 7.94. The molecule has 0 aromatic carbocycles. The van der Waals surface area contributed by atoms with E-state index in [1.54, 1.807) is 0 Å². The highest BCUT2D eigenvalue weighted by Crippen LogP contribution is 2.16. The van der Waals surface area contributed by atoms with Gasteiger partial charge in [-0.3, -0.25) is 0 Å². The molecule has 0 unspecified atom stereocenters. The van der Waals surface area contributed by atoms with Crippen LogP contribution in [-0.4, -0.2) is 5.11 Å². The lowest BCUT2D eigenvalue weighted by atomic mass is 10.0. The molecule has 0 aromatic rings. The number of rotatable bonds is 3. The Morgan fingerprint density at radius 2 is 1.82 bits per heavy atom. The fourth-order valence-corrected chi connectivity index (χ4v) is 1.07. The number of hydrogen-bond donors (Lipinski definition) is 1. The van der Waals surface area contributed by atoms with Gasteiger partial charge in [-0.25, -0.2) is 0 Å². The fraction of sp³-hybridized carbons (Fsp3) is 0.600. The fourth-order valence-electron chi connectivity index (χ4n) is 1.07. The van der Waals surface area contributed by atoms with Gasteiger partial charge in [0.1, 0.15) is 5.76 Å². The molecule has 0 heterocycles. The van der Waals surface area contributed by atoms with Gasteiger partial charge in [0.15, 0.2) is 0 Å². The van der Waals surface area contributed by atoms with Crippen LogP contribution >= 0.6 is 0 Å². The van der Waals surface area contributed by atoms with Crippen molar-refractivity contribution in [3.8, 4) is 0 Å². The Hall–Kier alpha value is -0.720. The van der Waals surface area contributed by atoms with Gasteiger partial charge in [-0.1, -0.05) is 20.4 Å². The van der Waals surface area contributed by atoms with Gasteiger partial charge in [0, 0.05) is 0 Å². The summed E-state index contributed by atoms with van der Waals surface area (Å²) >= 11 is 0. The number of hydrogen-bond acceptors (Lipinski definition) is 1. The van der Waals surface area contributed by atoms with Crippen molar-refractivity contribution in [3.63, 3.8) is 0 Å². The smallest absolute Gasteiger partial charge is 0.116 e. The number of aliphatic hydroxyl groups is 1. The van der Waals surface area contributed by atoms with Gasteiger partial charge in [-0.05, 0) is 37.3 Å².